The Morgan fingerprint density at radius 1 is 1.06 bits per heavy atom. The van der Waals surface area contributed by atoms with Crippen molar-refractivity contribution in [3.8, 4) is 5.75 Å². The van der Waals surface area contributed by atoms with Gasteiger partial charge in [-0.3, -0.25) is 9.69 Å². The van der Waals surface area contributed by atoms with Gasteiger partial charge in [-0.25, -0.2) is 9.18 Å². The summed E-state index contributed by atoms with van der Waals surface area (Å²) in [5.74, 6) is -0.783. The number of aromatic carboxylic acids is 1. The second-order valence-corrected chi connectivity index (χ2v) is 8.33. The van der Waals surface area contributed by atoms with Gasteiger partial charge in [0.2, 0.25) is 0 Å². The van der Waals surface area contributed by atoms with Gasteiger partial charge in [0.1, 0.15) is 11.6 Å². The lowest BCUT2D eigenvalue weighted by molar-refractivity contribution is -0.139. The quantitative estimate of drug-likeness (QED) is 0.761. The lowest BCUT2D eigenvalue weighted by atomic mass is 10.1. The zero-order valence-corrected chi connectivity index (χ0v) is 18.4. The summed E-state index contributed by atoms with van der Waals surface area (Å²) in [5.41, 5.74) is 2.62. The molecule has 0 aliphatic carbocycles. The van der Waals surface area contributed by atoms with Crippen molar-refractivity contribution in [1.82, 2.24) is 9.80 Å². The molecule has 0 spiro atoms. The summed E-state index contributed by atoms with van der Waals surface area (Å²) in [6, 6.07) is 9.78. The van der Waals surface area contributed by atoms with E-state index in [1.807, 2.05) is 11.8 Å². The van der Waals surface area contributed by atoms with Crippen LogP contribution in [0.4, 0.5) is 4.39 Å². The van der Waals surface area contributed by atoms with Crippen LogP contribution in [0.1, 0.15) is 40.9 Å². The van der Waals surface area contributed by atoms with E-state index in [4.69, 9.17) is 4.74 Å². The molecule has 6 nitrogen and oxygen atoms in total. The molecule has 2 aromatic carbocycles. The zero-order chi connectivity index (χ0) is 22.7. The van der Waals surface area contributed by atoms with E-state index >= 15 is 0 Å². The fourth-order valence-corrected chi connectivity index (χ4v) is 4.11. The van der Waals surface area contributed by atoms with Crippen molar-refractivity contribution in [3.05, 3.63) is 64.5 Å². The monoisotopic (exact) mass is 428 g/mol. The van der Waals surface area contributed by atoms with Crippen molar-refractivity contribution in [2.75, 3.05) is 19.7 Å². The second-order valence-electron chi connectivity index (χ2n) is 8.33. The smallest absolute Gasteiger partial charge is 0.335 e. The molecule has 0 unspecified atom stereocenters. The van der Waals surface area contributed by atoms with Gasteiger partial charge in [0, 0.05) is 31.7 Å². The van der Waals surface area contributed by atoms with Gasteiger partial charge in [0.25, 0.3) is 5.91 Å². The molecular weight excluding hydrogens is 399 g/mol. The van der Waals surface area contributed by atoms with E-state index in [1.54, 1.807) is 38.1 Å². The standard InChI is InChI=1S/C24H29FN2O4/c1-15-9-20(24(29)30)10-16(2)23(15)31-14-22(28)27-12-17(3)26(11-18(27)4)13-19-5-7-21(25)8-6-19/h5-10,17-18H,11-14H2,1-4H3,(H,29,30)/t17-,18+/m0/s1. The van der Waals surface area contributed by atoms with Crippen LogP contribution in [0.2, 0.25) is 0 Å². The number of benzene rings is 2. The maximum absolute atomic E-state index is 13.1. The molecule has 0 radical (unpaired) electrons. The number of piperazine rings is 1. The Morgan fingerprint density at radius 2 is 1.68 bits per heavy atom. The van der Waals surface area contributed by atoms with Crippen LogP contribution in [-0.4, -0.2) is 58.6 Å². The summed E-state index contributed by atoms with van der Waals surface area (Å²) in [7, 11) is 0. The lowest BCUT2D eigenvalue weighted by Gasteiger charge is -2.44. The number of nitrogens with zero attached hydrogens (tertiary/aromatic N) is 2. The van der Waals surface area contributed by atoms with Crippen LogP contribution in [0.25, 0.3) is 0 Å². The molecule has 1 saturated heterocycles. The van der Waals surface area contributed by atoms with Gasteiger partial charge < -0.3 is 14.7 Å². The molecule has 0 bridgehead atoms. The van der Waals surface area contributed by atoms with Crippen molar-refractivity contribution in [2.45, 2.75) is 46.3 Å². The number of hydrogen-bond acceptors (Lipinski definition) is 4. The lowest BCUT2D eigenvalue weighted by Crippen LogP contribution is -2.58. The van der Waals surface area contributed by atoms with Crippen LogP contribution < -0.4 is 4.74 Å². The number of carbonyl (C=O) groups is 2. The summed E-state index contributed by atoms with van der Waals surface area (Å²) in [6.45, 7) is 9.56. The molecule has 0 aromatic heterocycles. The van der Waals surface area contributed by atoms with Gasteiger partial charge in [-0.1, -0.05) is 12.1 Å². The van der Waals surface area contributed by atoms with Crippen LogP contribution in [0.5, 0.6) is 5.75 Å². The minimum Gasteiger partial charge on any atom is -0.483 e. The largest absolute Gasteiger partial charge is 0.483 e. The molecule has 166 valence electrons. The number of carboxylic acids is 1. The maximum atomic E-state index is 13.1. The molecule has 1 aliphatic rings. The number of hydrogen-bond donors (Lipinski definition) is 1. The highest BCUT2D eigenvalue weighted by Gasteiger charge is 2.32. The van der Waals surface area contributed by atoms with E-state index in [0.717, 1.165) is 12.1 Å². The van der Waals surface area contributed by atoms with Gasteiger partial charge in [0.05, 0.1) is 5.56 Å². The molecular formula is C24H29FN2O4. The number of carbonyl (C=O) groups excluding carboxylic acids is 1. The average Bonchev–Trinajstić information content (AvgIpc) is 2.71. The van der Waals surface area contributed by atoms with Crippen molar-refractivity contribution in [2.24, 2.45) is 0 Å². The third-order valence-electron chi connectivity index (χ3n) is 5.78. The molecule has 1 heterocycles. The minimum absolute atomic E-state index is 0.0179. The normalized spacial score (nSPS) is 19.3. The highest BCUT2D eigenvalue weighted by Crippen LogP contribution is 2.25. The molecule has 3 rings (SSSR count). The third kappa shape index (κ3) is 5.41. The highest BCUT2D eigenvalue weighted by atomic mass is 19.1. The molecule has 1 amide bonds. The fraction of sp³-hybridized carbons (Fsp3) is 0.417. The van der Waals surface area contributed by atoms with E-state index in [-0.39, 0.29) is 36.0 Å². The Labute approximate surface area is 182 Å². The summed E-state index contributed by atoms with van der Waals surface area (Å²) in [5, 5.41) is 9.17. The van der Waals surface area contributed by atoms with Crippen molar-refractivity contribution in [3.63, 3.8) is 0 Å². The first-order valence-corrected chi connectivity index (χ1v) is 10.4. The van der Waals surface area contributed by atoms with E-state index < -0.39 is 5.97 Å². The predicted octanol–water partition coefficient (Wildman–Crippen LogP) is 3.64. The number of aryl methyl sites for hydroxylation is 2. The zero-order valence-electron chi connectivity index (χ0n) is 18.4. The van der Waals surface area contributed by atoms with Crippen LogP contribution in [0.15, 0.2) is 36.4 Å². The summed E-state index contributed by atoms with van der Waals surface area (Å²) in [4.78, 5) is 28.2. The molecule has 1 N–H and O–H groups in total. The van der Waals surface area contributed by atoms with Crippen molar-refractivity contribution < 1.29 is 23.8 Å². The van der Waals surface area contributed by atoms with E-state index in [2.05, 4.69) is 11.8 Å². The topological polar surface area (TPSA) is 70.1 Å². The first kappa shape index (κ1) is 22.7. The first-order chi connectivity index (χ1) is 14.7. The summed E-state index contributed by atoms with van der Waals surface area (Å²) >= 11 is 0. The number of halogens is 1. The average molecular weight is 429 g/mol. The predicted molar refractivity (Wildman–Crippen MR) is 116 cm³/mol. The SMILES string of the molecule is Cc1cc(C(=O)O)cc(C)c1OCC(=O)N1C[C@H](C)N(Cc2ccc(F)cc2)C[C@H]1C. The van der Waals surface area contributed by atoms with Gasteiger partial charge in [-0.05, 0) is 68.7 Å². The van der Waals surface area contributed by atoms with Gasteiger partial charge >= 0.3 is 5.97 Å². The summed E-state index contributed by atoms with van der Waals surface area (Å²) < 4.78 is 18.9. The minimum atomic E-state index is -0.991. The Hall–Kier alpha value is -2.93. The number of rotatable bonds is 6. The van der Waals surface area contributed by atoms with E-state index in [0.29, 0.717) is 30.0 Å². The molecule has 2 aromatic rings. The second kappa shape index (κ2) is 9.47. The number of carboxylic acid groups (broad SMARTS) is 1. The van der Waals surface area contributed by atoms with E-state index in [1.165, 1.54) is 12.1 Å². The summed E-state index contributed by atoms with van der Waals surface area (Å²) in [6.07, 6.45) is 0. The maximum Gasteiger partial charge on any atom is 0.335 e. The Balaban J connectivity index is 1.60. The van der Waals surface area contributed by atoms with E-state index in [9.17, 15) is 19.1 Å². The van der Waals surface area contributed by atoms with Gasteiger partial charge in [-0.2, -0.15) is 0 Å². The molecule has 7 heteroatoms. The molecule has 0 saturated carbocycles. The van der Waals surface area contributed by atoms with Crippen LogP contribution in [0, 0.1) is 19.7 Å². The highest BCUT2D eigenvalue weighted by molar-refractivity contribution is 5.88. The Morgan fingerprint density at radius 3 is 2.26 bits per heavy atom. The molecule has 1 fully saturated rings. The van der Waals surface area contributed by atoms with Gasteiger partial charge in [-0.15, -0.1) is 0 Å². The first-order valence-electron chi connectivity index (χ1n) is 10.4. The van der Waals surface area contributed by atoms with Crippen LogP contribution in [0.3, 0.4) is 0 Å². The van der Waals surface area contributed by atoms with Crippen LogP contribution in [-0.2, 0) is 11.3 Å². The van der Waals surface area contributed by atoms with Gasteiger partial charge in [0.15, 0.2) is 6.61 Å². The Kier molecular flexibility index (Phi) is 6.95. The van der Waals surface area contributed by atoms with Crippen molar-refractivity contribution in [1.29, 1.82) is 0 Å². The Bertz CT molecular complexity index is 938. The van der Waals surface area contributed by atoms with Crippen LogP contribution >= 0.6 is 0 Å². The van der Waals surface area contributed by atoms with Crippen molar-refractivity contribution >= 4 is 11.9 Å². The molecule has 2 atom stereocenters. The number of ether oxygens (including phenoxy) is 1. The molecule has 1 aliphatic heterocycles. The fourth-order valence-electron chi connectivity index (χ4n) is 4.11. The number of amides is 1. The third-order valence-corrected chi connectivity index (χ3v) is 5.78. The molecule has 31 heavy (non-hydrogen) atoms.